The van der Waals surface area contributed by atoms with Crippen molar-refractivity contribution in [3.63, 3.8) is 0 Å². The number of aryl methyl sites for hydroxylation is 1. The SMILES string of the molecule is Cc1[nH]c(C2CC(=O)N(CCN(C)C)C2)nc1-c1ccccc1. The Morgan fingerprint density at radius 1 is 1.30 bits per heavy atom. The number of hydrogen-bond donors (Lipinski definition) is 1. The van der Waals surface area contributed by atoms with Crippen molar-refractivity contribution >= 4 is 5.91 Å². The van der Waals surface area contributed by atoms with Crippen molar-refractivity contribution in [2.45, 2.75) is 19.3 Å². The van der Waals surface area contributed by atoms with Gasteiger partial charge in [0.2, 0.25) is 5.91 Å². The molecule has 1 amide bonds. The molecule has 0 radical (unpaired) electrons. The first kappa shape index (κ1) is 15.7. The van der Waals surface area contributed by atoms with Crippen molar-refractivity contribution < 1.29 is 4.79 Å². The second kappa shape index (κ2) is 6.54. The highest BCUT2D eigenvalue weighted by atomic mass is 16.2. The molecule has 2 heterocycles. The van der Waals surface area contributed by atoms with Crippen LogP contribution in [0, 0.1) is 6.92 Å². The predicted molar refractivity (Wildman–Crippen MR) is 91.3 cm³/mol. The Bertz CT molecular complexity index is 678. The molecule has 1 aliphatic rings. The highest BCUT2D eigenvalue weighted by Crippen LogP contribution is 2.29. The van der Waals surface area contributed by atoms with Crippen LogP contribution in [0.15, 0.2) is 30.3 Å². The van der Waals surface area contributed by atoms with Gasteiger partial charge in [0.1, 0.15) is 5.82 Å². The monoisotopic (exact) mass is 312 g/mol. The van der Waals surface area contributed by atoms with E-state index in [1.165, 1.54) is 0 Å². The van der Waals surface area contributed by atoms with Gasteiger partial charge < -0.3 is 14.8 Å². The lowest BCUT2D eigenvalue weighted by atomic mass is 10.1. The maximum atomic E-state index is 12.2. The number of H-pyrrole nitrogens is 1. The van der Waals surface area contributed by atoms with Gasteiger partial charge in [-0.25, -0.2) is 4.98 Å². The number of amides is 1. The minimum absolute atomic E-state index is 0.167. The normalized spacial score (nSPS) is 18.2. The lowest BCUT2D eigenvalue weighted by Gasteiger charge is -2.18. The standard InChI is InChI=1S/C18H24N4O/c1-13-17(14-7-5-4-6-8-14)20-18(19-13)15-11-16(23)22(12-15)10-9-21(2)3/h4-8,15H,9-12H2,1-3H3,(H,19,20). The van der Waals surface area contributed by atoms with Gasteiger partial charge in [0.25, 0.3) is 0 Å². The number of imidazole rings is 1. The van der Waals surface area contributed by atoms with Gasteiger partial charge in [0.15, 0.2) is 0 Å². The van der Waals surface area contributed by atoms with Gasteiger partial charge in [-0.3, -0.25) is 4.79 Å². The molecule has 3 rings (SSSR count). The minimum atomic E-state index is 0.167. The van der Waals surface area contributed by atoms with Crippen molar-refractivity contribution in [2.24, 2.45) is 0 Å². The Labute approximate surface area is 137 Å². The quantitative estimate of drug-likeness (QED) is 0.921. The Kier molecular flexibility index (Phi) is 4.48. The van der Waals surface area contributed by atoms with Crippen LogP contribution in [0.2, 0.25) is 0 Å². The molecule has 1 fully saturated rings. The van der Waals surface area contributed by atoms with E-state index in [0.717, 1.165) is 42.4 Å². The van der Waals surface area contributed by atoms with Crippen molar-refractivity contribution in [3.05, 3.63) is 41.9 Å². The van der Waals surface area contributed by atoms with E-state index >= 15 is 0 Å². The summed E-state index contributed by atoms with van der Waals surface area (Å²) in [6.07, 6.45) is 0.550. The third-order valence-corrected chi connectivity index (χ3v) is 4.37. The maximum absolute atomic E-state index is 12.2. The van der Waals surface area contributed by atoms with E-state index in [1.807, 2.05) is 44.1 Å². The number of likely N-dealkylation sites (N-methyl/N-ethyl adjacent to an activating group) is 1. The number of nitrogens with zero attached hydrogens (tertiary/aromatic N) is 3. The Balaban J connectivity index is 1.75. The summed E-state index contributed by atoms with van der Waals surface area (Å²) in [7, 11) is 4.06. The average molecular weight is 312 g/mol. The fraction of sp³-hybridized carbons (Fsp3) is 0.444. The molecule has 1 aliphatic heterocycles. The van der Waals surface area contributed by atoms with Crippen LogP contribution in [0.1, 0.15) is 23.9 Å². The Hall–Kier alpha value is -2.14. The smallest absolute Gasteiger partial charge is 0.223 e. The third-order valence-electron chi connectivity index (χ3n) is 4.37. The number of benzene rings is 1. The highest BCUT2D eigenvalue weighted by molar-refractivity contribution is 5.79. The van der Waals surface area contributed by atoms with E-state index in [9.17, 15) is 4.79 Å². The summed E-state index contributed by atoms with van der Waals surface area (Å²) in [6.45, 7) is 4.48. The van der Waals surface area contributed by atoms with E-state index in [-0.39, 0.29) is 11.8 Å². The second-order valence-corrected chi connectivity index (χ2v) is 6.51. The van der Waals surface area contributed by atoms with E-state index in [2.05, 4.69) is 22.0 Å². The van der Waals surface area contributed by atoms with Crippen LogP contribution in [0.4, 0.5) is 0 Å². The molecule has 1 saturated heterocycles. The largest absolute Gasteiger partial charge is 0.345 e. The van der Waals surface area contributed by atoms with Gasteiger partial charge in [-0.1, -0.05) is 30.3 Å². The molecule has 0 saturated carbocycles. The first-order chi connectivity index (χ1) is 11.0. The maximum Gasteiger partial charge on any atom is 0.223 e. The zero-order valence-electron chi connectivity index (χ0n) is 14.0. The first-order valence-corrected chi connectivity index (χ1v) is 8.09. The molecule has 0 aliphatic carbocycles. The van der Waals surface area contributed by atoms with Crippen LogP contribution in [0.5, 0.6) is 0 Å². The lowest BCUT2D eigenvalue weighted by molar-refractivity contribution is -0.127. The van der Waals surface area contributed by atoms with Crippen LogP contribution in [-0.4, -0.2) is 59.4 Å². The number of nitrogens with one attached hydrogen (secondary N) is 1. The minimum Gasteiger partial charge on any atom is -0.345 e. The Morgan fingerprint density at radius 3 is 2.74 bits per heavy atom. The number of rotatable bonds is 5. The molecule has 23 heavy (non-hydrogen) atoms. The van der Waals surface area contributed by atoms with Crippen LogP contribution in [0.3, 0.4) is 0 Å². The third kappa shape index (κ3) is 3.45. The van der Waals surface area contributed by atoms with Crippen LogP contribution in [-0.2, 0) is 4.79 Å². The van der Waals surface area contributed by atoms with Gasteiger partial charge in [0, 0.05) is 43.2 Å². The molecule has 1 unspecified atom stereocenters. The van der Waals surface area contributed by atoms with Crippen LogP contribution >= 0.6 is 0 Å². The van der Waals surface area contributed by atoms with Gasteiger partial charge in [0.05, 0.1) is 5.69 Å². The topological polar surface area (TPSA) is 52.2 Å². The van der Waals surface area contributed by atoms with Gasteiger partial charge in [-0.15, -0.1) is 0 Å². The number of likely N-dealkylation sites (tertiary alicyclic amines) is 1. The van der Waals surface area contributed by atoms with Crippen molar-refractivity contribution in [1.82, 2.24) is 19.8 Å². The fourth-order valence-corrected chi connectivity index (χ4v) is 3.05. The summed E-state index contributed by atoms with van der Waals surface area (Å²) in [5, 5.41) is 0. The average Bonchev–Trinajstić information content (AvgIpc) is 3.09. The number of aromatic amines is 1. The van der Waals surface area contributed by atoms with E-state index in [1.54, 1.807) is 0 Å². The van der Waals surface area contributed by atoms with Crippen LogP contribution < -0.4 is 0 Å². The molecule has 1 aromatic carbocycles. The molecular weight excluding hydrogens is 288 g/mol. The van der Waals surface area contributed by atoms with Crippen molar-refractivity contribution in [2.75, 3.05) is 33.7 Å². The van der Waals surface area contributed by atoms with E-state index in [0.29, 0.717) is 6.42 Å². The van der Waals surface area contributed by atoms with Crippen molar-refractivity contribution in [1.29, 1.82) is 0 Å². The van der Waals surface area contributed by atoms with Gasteiger partial charge in [-0.2, -0.15) is 0 Å². The number of hydrogen-bond acceptors (Lipinski definition) is 3. The molecule has 0 bridgehead atoms. The van der Waals surface area contributed by atoms with E-state index < -0.39 is 0 Å². The number of carbonyl (C=O) groups excluding carboxylic acids is 1. The van der Waals surface area contributed by atoms with Gasteiger partial charge in [-0.05, 0) is 21.0 Å². The summed E-state index contributed by atoms with van der Waals surface area (Å²) >= 11 is 0. The molecule has 2 aromatic rings. The summed E-state index contributed by atoms with van der Waals surface area (Å²) in [5.74, 6) is 1.33. The van der Waals surface area contributed by atoms with Crippen LogP contribution in [0.25, 0.3) is 11.3 Å². The fourth-order valence-electron chi connectivity index (χ4n) is 3.05. The van der Waals surface area contributed by atoms with Gasteiger partial charge >= 0.3 is 0 Å². The highest BCUT2D eigenvalue weighted by Gasteiger charge is 2.32. The van der Waals surface area contributed by atoms with E-state index in [4.69, 9.17) is 4.98 Å². The molecular formula is C18H24N4O. The van der Waals surface area contributed by atoms with Crippen molar-refractivity contribution in [3.8, 4) is 11.3 Å². The molecule has 0 spiro atoms. The summed E-state index contributed by atoms with van der Waals surface area (Å²) in [4.78, 5) is 24.4. The lowest BCUT2D eigenvalue weighted by Crippen LogP contribution is -2.32. The number of carbonyl (C=O) groups is 1. The Morgan fingerprint density at radius 2 is 2.04 bits per heavy atom. The second-order valence-electron chi connectivity index (χ2n) is 6.51. The molecule has 5 heteroatoms. The predicted octanol–water partition coefficient (Wildman–Crippen LogP) is 2.26. The molecule has 5 nitrogen and oxygen atoms in total. The summed E-state index contributed by atoms with van der Waals surface area (Å²) in [5.41, 5.74) is 3.16. The number of aromatic nitrogens is 2. The molecule has 122 valence electrons. The zero-order valence-corrected chi connectivity index (χ0v) is 14.0. The first-order valence-electron chi connectivity index (χ1n) is 8.09. The molecule has 1 atom stereocenters. The molecule has 1 aromatic heterocycles. The summed E-state index contributed by atoms with van der Waals surface area (Å²) in [6, 6.07) is 10.2. The zero-order chi connectivity index (χ0) is 16.4. The summed E-state index contributed by atoms with van der Waals surface area (Å²) < 4.78 is 0. The molecule has 1 N–H and O–H groups in total.